The highest BCUT2D eigenvalue weighted by Crippen LogP contribution is 2.37. The topological polar surface area (TPSA) is 46.5 Å². The number of carbonyl (C=O) groups is 1. The van der Waals surface area contributed by atoms with Crippen LogP contribution in [-0.2, 0) is 4.79 Å². The Morgan fingerprint density at radius 1 is 1.10 bits per heavy atom. The molecule has 1 heterocycles. The zero-order valence-electron chi connectivity index (χ0n) is 17.9. The molecule has 0 amide bonds. The average Bonchev–Trinajstić information content (AvgIpc) is 2.78. The molecule has 0 spiro atoms. The van der Waals surface area contributed by atoms with Crippen LogP contribution in [-0.4, -0.2) is 17.7 Å². The summed E-state index contributed by atoms with van der Waals surface area (Å²) in [7, 11) is 0. The van der Waals surface area contributed by atoms with Gasteiger partial charge in [-0.05, 0) is 55.2 Å². The van der Waals surface area contributed by atoms with Gasteiger partial charge in [-0.2, -0.15) is 0 Å². The van der Waals surface area contributed by atoms with Crippen molar-refractivity contribution in [3.8, 4) is 16.9 Å². The molecule has 29 heavy (non-hydrogen) atoms. The first-order valence-corrected chi connectivity index (χ1v) is 9.78. The molecule has 0 aromatic heterocycles. The summed E-state index contributed by atoms with van der Waals surface area (Å²) in [6.07, 6.45) is 7.02. The van der Waals surface area contributed by atoms with Gasteiger partial charge < -0.3 is 9.84 Å². The second-order valence-corrected chi connectivity index (χ2v) is 7.91. The van der Waals surface area contributed by atoms with Crippen molar-refractivity contribution in [1.29, 1.82) is 0 Å². The number of aliphatic carboxylic acids is 1. The number of rotatable bonds is 3. The minimum absolute atomic E-state index is 0.0794. The molecular weight excluding hydrogens is 360 g/mol. The van der Waals surface area contributed by atoms with Crippen LogP contribution in [0.1, 0.15) is 40.2 Å². The summed E-state index contributed by atoms with van der Waals surface area (Å²) in [5, 5.41) is 8.20. The van der Waals surface area contributed by atoms with Gasteiger partial charge in [0.2, 0.25) is 0 Å². The smallest absolute Gasteiger partial charge is 0.328 e. The lowest BCUT2D eigenvalue weighted by atomic mass is 9.90. The van der Waals surface area contributed by atoms with E-state index in [0.717, 1.165) is 17.9 Å². The number of benzene rings is 2. The fourth-order valence-corrected chi connectivity index (χ4v) is 3.25. The predicted octanol–water partition coefficient (Wildman–Crippen LogP) is 6.77. The molecule has 3 rings (SSSR count). The van der Waals surface area contributed by atoms with Crippen molar-refractivity contribution in [2.75, 3.05) is 6.61 Å². The Kier molecular flexibility index (Phi) is 7.60. The minimum Gasteiger partial charge on any atom is -0.492 e. The standard InChI is InChI=1S/C19H20O.C7H10O2/c1-14-12-19(2,3)13-20-18-10-9-16(11-17(14)18)15-7-5-4-6-8-15;1-3-4-6(2)5-7(8)9/h4-12H,13H2,1-3H3;3-5H,1-2H3,(H,8,9)/b;4-3+,6-5+. The fraction of sp³-hybridized carbons (Fsp3) is 0.269. The summed E-state index contributed by atoms with van der Waals surface area (Å²) in [5.74, 6) is 0.0922. The summed E-state index contributed by atoms with van der Waals surface area (Å²) in [4.78, 5) is 9.97. The average molecular weight is 391 g/mol. The summed E-state index contributed by atoms with van der Waals surface area (Å²) < 4.78 is 5.97. The lowest BCUT2D eigenvalue weighted by Crippen LogP contribution is -2.17. The number of allylic oxidation sites excluding steroid dienone is 4. The van der Waals surface area contributed by atoms with E-state index in [9.17, 15) is 4.79 Å². The van der Waals surface area contributed by atoms with Gasteiger partial charge in [0.25, 0.3) is 0 Å². The van der Waals surface area contributed by atoms with Gasteiger partial charge in [0.05, 0.1) is 6.61 Å². The number of fused-ring (bicyclic) bond motifs is 1. The van der Waals surface area contributed by atoms with Gasteiger partial charge in [-0.25, -0.2) is 4.79 Å². The van der Waals surface area contributed by atoms with Gasteiger partial charge in [0, 0.05) is 17.1 Å². The fourth-order valence-electron chi connectivity index (χ4n) is 3.25. The number of hydrogen-bond acceptors (Lipinski definition) is 2. The lowest BCUT2D eigenvalue weighted by molar-refractivity contribution is -0.131. The molecule has 0 atom stereocenters. The predicted molar refractivity (Wildman–Crippen MR) is 121 cm³/mol. The molecule has 1 N–H and O–H groups in total. The molecule has 152 valence electrons. The van der Waals surface area contributed by atoms with Crippen LogP contribution in [0, 0.1) is 5.41 Å². The van der Waals surface area contributed by atoms with Crippen molar-refractivity contribution < 1.29 is 14.6 Å². The first-order chi connectivity index (χ1) is 13.7. The first kappa shape index (κ1) is 22.2. The van der Waals surface area contributed by atoms with Crippen LogP contribution in [0.5, 0.6) is 5.75 Å². The molecule has 1 aliphatic rings. The Bertz CT molecular complexity index is 932. The van der Waals surface area contributed by atoms with E-state index < -0.39 is 5.97 Å². The van der Waals surface area contributed by atoms with Crippen molar-refractivity contribution in [1.82, 2.24) is 0 Å². The maximum atomic E-state index is 9.97. The first-order valence-electron chi connectivity index (χ1n) is 9.78. The number of hydrogen-bond donors (Lipinski definition) is 1. The van der Waals surface area contributed by atoms with Crippen LogP contribution in [0.4, 0.5) is 0 Å². The highest BCUT2D eigenvalue weighted by molar-refractivity contribution is 5.81. The summed E-state index contributed by atoms with van der Waals surface area (Å²) in [5.41, 5.74) is 5.81. The van der Waals surface area contributed by atoms with E-state index in [4.69, 9.17) is 9.84 Å². The van der Waals surface area contributed by atoms with Crippen LogP contribution in [0.25, 0.3) is 16.7 Å². The van der Waals surface area contributed by atoms with Gasteiger partial charge in [-0.15, -0.1) is 0 Å². The third kappa shape index (κ3) is 6.79. The molecule has 0 fully saturated rings. The third-order valence-electron chi connectivity index (χ3n) is 4.50. The van der Waals surface area contributed by atoms with E-state index in [2.05, 4.69) is 69.3 Å². The Morgan fingerprint density at radius 3 is 2.41 bits per heavy atom. The van der Waals surface area contributed by atoms with Crippen LogP contribution >= 0.6 is 0 Å². The normalized spacial score (nSPS) is 15.3. The van der Waals surface area contributed by atoms with Gasteiger partial charge in [0.15, 0.2) is 0 Å². The lowest BCUT2D eigenvalue weighted by Gasteiger charge is -2.18. The molecule has 3 heteroatoms. The summed E-state index contributed by atoms with van der Waals surface area (Å²) in [6.45, 7) is 10.9. The maximum Gasteiger partial charge on any atom is 0.328 e. The quantitative estimate of drug-likeness (QED) is 0.465. The maximum absolute atomic E-state index is 9.97. The zero-order valence-corrected chi connectivity index (χ0v) is 17.9. The highest BCUT2D eigenvalue weighted by atomic mass is 16.5. The number of carboxylic acid groups (broad SMARTS) is 1. The summed E-state index contributed by atoms with van der Waals surface area (Å²) >= 11 is 0. The molecule has 0 radical (unpaired) electrons. The van der Waals surface area contributed by atoms with Crippen molar-refractivity contribution >= 4 is 11.5 Å². The Hall–Kier alpha value is -3.07. The van der Waals surface area contributed by atoms with Crippen LogP contribution in [0.2, 0.25) is 0 Å². The molecule has 2 aromatic carbocycles. The minimum atomic E-state index is -0.898. The van der Waals surface area contributed by atoms with Crippen LogP contribution in [0.3, 0.4) is 0 Å². The number of ether oxygens (including phenoxy) is 1. The van der Waals surface area contributed by atoms with Gasteiger partial charge in [0.1, 0.15) is 5.75 Å². The summed E-state index contributed by atoms with van der Waals surface area (Å²) in [6, 6.07) is 16.9. The second-order valence-electron chi connectivity index (χ2n) is 7.91. The van der Waals surface area contributed by atoms with Crippen molar-refractivity contribution in [3.63, 3.8) is 0 Å². The Labute approximate surface area is 174 Å². The Morgan fingerprint density at radius 2 is 1.79 bits per heavy atom. The molecule has 0 aliphatic carbocycles. The monoisotopic (exact) mass is 390 g/mol. The zero-order chi connectivity index (χ0) is 21.4. The Balaban J connectivity index is 0.000000284. The molecule has 2 aromatic rings. The second kappa shape index (κ2) is 9.92. The van der Waals surface area contributed by atoms with E-state index in [1.54, 1.807) is 19.1 Å². The van der Waals surface area contributed by atoms with E-state index in [-0.39, 0.29) is 5.41 Å². The SMILES string of the molecule is C/C=C/C(C)=C/C(=O)O.CC1=CC(C)(C)COc2ccc(-c3ccccc3)cc21. The van der Waals surface area contributed by atoms with Crippen LogP contribution in [0.15, 0.2) is 78.4 Å². The third-order valence-corrected chi connectivity index (χ3v) is 4.50. The van der Waals surface area contributed by atoms with Crippen LogP contribution < -0.4 is 4.74 Å². The molecule has 0 saturated heterocycles. The largest absolute Gasteiger partial charge is 0.492 e. The molecule has 0 saturated carbocycles. The van der Waals surface area contributed by atoms with Gasteiger partial charge in [-0.1, -0.05) is 68.5 Å². The van der Waals surface area contributed by atoms with E-state index in [1.807, 2.05) is 13.0 Å². The van der Waals surface area contributed by atoms with E-state index >= 15 is 0 Å². The van der Waals surface area contributed by atoms with Gasteiger partial charge >= 0.3 is 5.97 Å². The van der Waals surface area contributed by atoms with Crippen molar-refractivity contribution in [3.05, 3.63) is 84.0 Å². The molecule has 3 nitrogen and oxygen atoms in total. The van der Waals surface area contributed by atoms with Crippen molar-refractivity contribution in [2.45, 2.75) is 34.6 Å². The molecule has 0 bridgehead atoms. The highest BCUT2D eigenvalue weighted by Gasteiger charge is 2.22. The van der Waals surface area contributed by atoms with E-state index in [0.29, 0.717) is 0 Å². The van der Waals surface area contributed by atoms with E-state index in [1.165, 1.54) is 28.3 Å². The molecule has 1 aliphatic heterocycles. The molecular formula is C26H30O3. The number of carboxylic acids is 1. The van der Waals surface area contributed by atoms with Crippen molar-refractivity contribution in [2.24, 2.45) is 5.41 Å². The van der Waals surface area contributed by atoms with Gasteiger partial charge in [-0.3, -0.25) is 0 Å². The molecule has 0 unspecified atom stereocenters.